The standard InChI is InChI=1S/C32H25F3N6O3S/c1-19-24(39-30(43)40-25-16-22(32(33,34)35)17-36-29(25)21-6-3-2-4-7-21)13-14-27(38-19)44-23-11-9-20(10-12-23)26-18-37-31(45-26)41-15-5-8-28(41)42/h2-4,6-7,9-14,16-18H,5,8,15H2,1H3,(H2,39,40,43). The van der Waals surface area contributed by atoms with E-state index < -0.39 is 17.8 Å². The molecule has 4 heterocycles. The van der Waals surface area contributed by atoms with Crippen LogP contribution in [0.4, 0.5) is 34.5 Å². The van der Waals surface area contributed by atoms with Gasteiger partial charge in [-0.15, -0.1) is 0 Å². The molecule has 0 radical (unpaired) electrons. The number of urea groups is 1. The van der Waals surface area contributed by atoms with E-state index in [1.165, 1.54) is 11.3 Å². The van der Waals surface area contributed by atoms with Crippen molar-refractivity contribution >= 4 is 39.8 Å². The third kappa shape index (κ3) is 6.78. The molecule has 0 unspecified atom stereocenters. The highest BCUT2D eigenvalue weighted by Crippen LogP contribution is 2.36. The first-order valence-corrected chi connectivity index (χ1v) is 14.7. The number of pyridine rings is 2. The van der Waals surface area contributed by atoms with Gasteiger partial charge < -0.3 is 15.4 Å². The Morgan fingerprint density at radius 3 is 2.38 bits per heavy atom. The van der Waals surface area contributed by atoms with Crippen LogP contribution in [0, 0.1) is 6.92 Å². The van der Waals surface area contributed by atoms with Crippen molar-refractivity contribution in [1.82, 2.24) is 15.0 Å². The minimum atomic E-state index is -4.63. The lowest BCUT2D eigenvalue weighted by Crippen LogP contribution is -2.23. The summed E-state index contributed by atoms with van der Waals surface area (Å²) in [5, 5.41) is 5.82. The van der Waals surface area contributed by atoms with E-state index in [1.807, 2.05) is 12.1 Å². The molecule has 1 fully saturated rings. The van der Waals surface area contributed by atoms with Crippen LogP contribution in [0.1, 0.15) is 24.1 Å². The number of thiazole rings is 1. The molecular weight excluding hydrogens is 605 g/mol. The molecule has 1 aliphatic heterocycles. The summed E-state index contributed by atoms with van der Waals surface area (Å²) in [6.45, 7) is 2.35. The van der Waals surface area contributed by atoms with Crippen molar-refractivity contribution in [3.05, 3.63) is 96.4 Å². The van der Waals surface area contributed by atoms with E-state index in [0.29, 0.717) is 40.8 Å². The molecule has 3 amide bonds. The van der Waals surface area contributed by atoms with Crippen LogP contribution in [0.15, 0.2) is 85.2 Å². The normalized spacial score (nSPS) is 13.2. The highest BCUT2D eigenvalue weighted by molar-refractivity contribution is 7.19. The minimum absolute atomic E-state index is 0.0921. The highest BCUT2D eigenvalue weighted by atomic mass is 32.1. The topological polar surface area (TPSA) is 109 Å². The first kappa shape index (κ1) is 29.8. The van der Waals surface area contributed by atoms with Crippen LogP contribution in [-0.2, 0) is 11.0 Å². The number of nitrogens with one attached hydrogen (secondary N) is 2. The fourth-order valence-electron chi connectivity index (χ4n) is 4.73. The average molecular weight is 631 g/mol. The Labute approximate surface area is 259 Å². The number of rotatable bonds is 7. The van der Waals surface area contributed by atoms with Gasteiger partial charge in [0.2, 0.25) is 11.8 Å². The summed E-state index contributed by atoms with van der Waals surface area (Å²) >= 11 is 1.45. The number of hydrogen-bond donors (Lipinski definition) is 2. The smallest absolute Gasteiger partial charge is 0.417 e. The van der Waals surface area contributed by atoms with Gasteiger partial charge in [0, 0.05) is 37.0 Å². The van der Waals surface area contributed by atoms with Crippen molar-refractivity contribution in [2.45, 2.75) is 25.9 Å². The summed E-state index contributed by atoms with van der Waals surface area (Å²) in [4.78, 5) is 40.3. The second-order valence-electron chi connectivity index (χ2n) is 10.1. The van der Waals surface area contributed by atoms with E-state index in [-0.39, 0.29) is 23.2 Å². The molecule has 0 saturated carbocycles. The number of benzene rings is 2. The number of carbonyl (C=O) groups excluding carboxylic acids is 2. The van der Waals surface area contributed by atoms with Crippen LogP contribution < -0.4 is 20.3 Å². The van der Waals surface area contributed by atoms with Crippen LogP contribution in [0.25, 0.3) is 21.7 Å². The van der Waals surface area contributed by atoms with Crippen molar-refractivity contribution < 1.29 is 27.5 Å². The van der Waals surface area contributed by atoms with Crippen LogP contribution >= 0.6 is 11.3 Å². The van der Waals surface area contributed by atoms with E-state index >= 15 is 0 Å². The first-order valence-electron chi connectivity index (χ1n) is 13.9. The number of amides is 3. The predicted molar refractivity (Wildman–Crippen MR) is 166 cm³/mol. The number of anilines is 3. The van der Waals surface area contributed by atoms with E-state index in [9.17, 15) is 22.8 Å². The number of aromatic nitrogens is 3. The largest absolute Gasteiger partial charge is 0.439 e. The van der Waals surface area contributed by atoms with Gasteiger partial charge in [-0.3, -0.25) is 14.7 Å². The SMILES string of the molecule is Cc1nc(Oc2ccc(-c3cnc(N4CCCC4=O)s3)cc2)ccc1NC(=O)Nc1cc(C(F)(F)F)cnc1-c1ccccc1. The molecule has 2 aromatic carbocycles. The molecule has 9 nitrogen and oxygen atoms in total. The number of hydrogen-bond acceptors (Lipinski definition) is 7. The van der Waals surface area contributed by atoms with Crippen LogP contribution in [0.2, 0.25) is 0 Å². The molecule has 0 spiro atoms. The third-order valence-electron chi connectivity index (χ3n) is 6.98. The molecule has 1 aliphatic rings. The lowest BCUT2D eigenvalue weighted by Gasteiger charge is -2.15. The molecular formula is C32H25F3N6O3S. The van der Waals surface area contributed by atoms with Gasteiger partial charge in [-0.05, 0) is 55.3 Å². The highest BCUT2D eigenvalue weighted by Gasteiger charge is 2.32. The Morgan fingerprint density at radius 1 is 0.933 bits per heavy atom. The van der Waals surface area contributed by atoms with E-state index in [4.69, 9.17) is 4.74 Å². The Balaban J connectivity index is 1.12. The van der Waals surface area contributed by atoms with Crippen molar-refractivity contribution in [2.24, 2.45) is 0 Å². The summed E-state index contributed by atoms with van der Waals surface area (Å²) in [6, 6.07) is 19.2. The van der Waals surface area contributed by atoms with Gasteiger partial charge in [-0.25, -0.2) is 14.8 Å². The van der Waals surface area contributed by atoms with Crippen molar-refractivity contribution in [3.8, 4) is 33.3 Å². The lowest BCUT2D eigenvalue weighted by atomic mass is 10.1. The van der Waals surface area contributed by atoms with Crippen LogP contribution in [0.5, 0.6) is 11.6 Å². The maximum atomic E-state index is 13.4. The van der Waals surface area contributed by atoms with Gasteiger partial charge in [-0.2, -0.15) is 13.2 Å². The molecule has 0 aliphatic carbocycles. The summed E-state index contributed by atoms with van der Waals surface area (Å²) < 4.78 is 46.1. The maximum absolute atomic E-state index is 13.4. The average Bonchev–Trinajstić information content (AvgIpc) is 3.68. The Morgan fingerprint density at radius 2 is 1.69 bits per heavy atom. The van der Waals surface area contributed by atoms with Gasteiger partial charge in [-0.1, -0.05) is 41.7 Å². The number of halogens is 3. The van der Waals surface area contributed by atoms with E-state index in [0.717, 1.165) is 29.1 Å². The van der Waals surface area contributed by atoms with Crippen molar-refractivity contribution in [3.63, 3.8) is 0 Å². The fourth-order valence-corrected chi connectivity index (χ4v) is 5.69. The van der Waals surface area contributed by atoms with Gasteiger partial charge in [0.25, 0.3) is 0 Å². The number of nitrogens with zero attached hydrogens (tertiary/aromatic N) is 4. The summed E-state index contributed by atoms with van der Waals surface area (Å²) in [6.07, 6.45) is -0.762. The third-order valence-corrected chi connectivity index (χ3v) is 8.05. The molecule has 45 heavy (non-hydrogen) atoms. The number of ether oxygens (including phenoxy) is 1. The molecule has 2 N–H and O–H groups in total. The van der Waals surface area contributed by atoms with Gasteiger partial charge in [0.15, 0.2) is 5.13 Å². The van der Waals surface area contributed by atoms with Crippen molar-refractivity contribution in [2.75, 3.05) is 22.1 Å². The fraction of sp³-hybridized carbons (Fsp3) is 0.156. The zero-order valence-electron chi connectivity index (χ0n) is 23.8. The summed E-state index contributed by atoms with van der Waals surface area (Å²) in [7, 11) is 0. The number of alkyl halides is 3. The molecule has 228 valence electrons. The quantitative estimate of drug-likeness (QED) is 0.188. The number of aryl methyl sites for hydroxylation is 1. The van der Waals surface area contributed by atoms with Gasteiger partial charge >= 0.3 is 12.2 Å². The molecule has 0 bridgehead atoms. The lowest BCUT2D eigenvalue weighted by molar-refractivity contribution is -0.137. The van der Waals surface area contributed by atoms with Crippen molar-refractivity contribution in [1.29, 1.82) is 0 Å². The summed E-state index contributed by atoms with van der Waals surface area (Å²) in [5.41, 5.74) is 1.36. The summed E-state index contributed by atoms with van der Waals surface area (Å²) in [5.74, 6) is 0.913. The Hall–Kier alpha value is -5.30. The maximum Gasteiger partial charge on any atom is 0.417 e. The first-order chi connectivity index (χ1) is 21.6. The number of carbonyl (C=O) groups is 2. The van der Waals surface area contributed by atoms with Gasteiger partial charge in [0.1, 0.15) is 5.75 Å². The molecule has 0 atom stereocenters. The molecule has 13 heteroatoms. The zero-order chi connectivity index (χ0) is 31.6. The van der Waals surface area contributed by atoms with Gasteiger partial charge in [0.05, 0.1) is 33.2 Å². The van der Waals surface area contributed by atoms with Crippen LogP contribution in [-0.4, -0.2) is 33.4 Å². The molecule has 1 saturated heterocycles. The Bertz CT molecular complexity index is 1860. The van der Waals surface area contributed by atoms with E-state index in [1.54, 1.807) is 72.6 Å². The Kier molecular flexibility index (Phi) is 8.18. The monoisotopic (exact) mass is 630 g/mol. The molecule has 3 aromatic heterocycles. The van der Waals surface area contributed by atoms with Crippen LogP contribution in [0.3, 0.4) is 0 Å². The second kappa shape index (κ2) is 12.4. The molecule has 5 aromatic rings. The second-order valence-corrected chi connectivity index (χ2v) is 11.1. The predicted octanol–water partition coefficient (Wildman–Crippen LogP) is 8.16. The zero-order valence-corrected chi connectivity index (χ0v) is 24.6. The minimum Gasteiger partial charge on any atom is -0.439 e. The molecule has 6 rings (SSSR count). The van der Waals surface area contributed by atoms with E-state index in [2.05, 4.69) is 25.6 Å².